The average molecular weight is 330 g/mol. The van der Waals surface area contributed by atoms with Crippen molar-refractivity contribution in [2.24, 2.45) is 11.8 Å². The van der Waals surface area contributed by atoms with Gasteiger partial charge in [-0.15, -0.1) is 0 Å². The van der Waals surface area contributed by atoms with Gasteiger partial charge in [0.2, 0.25) is 0 Å². The summed E-state index contributed by atoms with van der Waals surface area (Å²) in [6, 6.07) is 2.77. The highest BCUT2D eigenvalue weighted by molar-refractivity contribution is 9.10. The SMILES string of the molecule is Fc1ccc(Br)c(F)c1CN(CC1CC1)CC1CC1. The maximum Gasteiger partial charge on any atom is 0.144 e. The van der Waals surface area contributed by atoms with Gasteiger partial charge in [-0.3, -0.25) is 4.90 Å². The van der Waals surface area contributed by atoms with E-state index < -0.39 is 11.6 Å². The standard InChI is InChI=1S/C15H18BrF2N/c16-13-5-6-14(17)12(15(13)18)9-19(7-10-1-2-10)8-11-3-4-11/h5-6,10-11H,1-4,7-9H2. The lowest BCUT2D eigenvalue weighted by atomic mass is 10.1. The van der Waals surface area contributed by atoms with Gasteiger partial charge in [-0.25, -0.2) is 8.78 Å². The number of hydrogen-bond acceptors (Lipinski definition) is 1. The van der Waals surface area contributed by atoms with Crippen LogP contribution < -0.4 is 0 Å². The van der Waals surface area contributed by atoms with Crippen molar-refractivity contribution in [3.05, 3.63) is 33.8 Å². The molecule has 0 bridgehead atoms. The smallest absolute Gasteiger partial charge is 0.144 e. The van der Waals surface area contributed by atoms with Gasteiger partial charge in [-0.1, -0.05) is 0 Å². The van der Waals surface area contributed by atoms with Crippen LogP contribution in [0.25, 0.3) is 0 Å². The molecule has 3 rings (SSSR count). The summed E-state index contributed by atoms with van der Waals surface area (Å²) in [5.41, 5.74) is 0.204. The fraction of sp³-hybridized carbons (Fsp3) is 0.600. The Kier molecular flexibility index (Phi) is 3.90. The van der Waals surface area contributed by atoms with Gasteiger partial charge in [-0.05, 0) is 65.6 Å². The van der Waals surface area contributed by atoms with Crippen molar-refractivity contribution < 1.29 is 8.78 Å². The summed E-state index contributed by atoms with van der Waals surface area (Å²) in [6.07, 6.45) is 5.07. The molecule has 0 aromatic heterocycles. The van der Waals surface area contributed by atoms with E-state index in [0.29, 0.717) is 11.0 Å². The van der Waals surface area contributed by atoms with Crippen molar-refractivity contribution in [3.63, 3.8) is 0 Å². The highest BCUT2D eigenvalue weighted by Crippen LogP contribution is 2.35. The average Bonchev–Trinajstić information content (AvgIpc) is 3.25. The minimum atomic E-state index is -0.448. The summed E-state index contributed by atoms with van der Waals surface area (Å²) in [5, 5.41) is 0. The molecule has 0 amide bonds. The van der Waals surface area contributed by atoms with Crippen LogP contribution in [0.4, 0.5) is 8.78 Å². The number of rotatable bonds is 6. The van der Waals surface area contributed by atoms with Crippen molar-refractivity contribution >= 4 is 15.9 Å². The van der Waals surface area contributed by atoms with E-state index in [-0.39, 0.29) is 5.56 Å². The molecule has 2 fully saturated rings. The molecular formula is C15H18BrF2N. The Hall–Kier alpha value is -0.480. The first-order valence-corrected chi connectivity index (χ1v) is 7.77. The molecule has 2 aliphatic carbocycles. The Morgan fingerprint density at radius 3 is 2.16 bits per heavy atom. The van der Waals surface area contributed by atoms with E-state index in [1.807, 2.05) is 0 Å². The molecule has 2 saturated carbocycles. The van der Waals surface area contributed by atoms with Gasteiger partial charge in [0.25, 0.3) is 0 Å². The normalized spacial score (nSPS) is 19.2. The minimum Gasteiger partial charge on any atom is -0.298 e. The number of hydrogen-bond donors (Lipinski definition) is 0. The van der Waals surface area contributed by atoms with Crippen molar-refractivity contribution in [3.8, 4) is 0 Å². The summed E-state index contributed by atoms with van der Waals surface area (Å²) >= 11 is 3.14. The highest BCUT2D eigenvalue weighted by Gasteiger charge is 2.30. The molecule has 0 spiro atoms. The van der Waals surface area contributed by atoms with Crippen molar-refractivity contribution in [1.82, 2.24) is 4.90 Å². The molecule has 0 unspecified atom stereocenters. The molecule has 0 N–H and O–H groups in total. The Morgan fingerprint density at radius 2 is 1.63 bits per heavy atom. The third kappa shape index (κ3) is 3.54. The lowest BCUT2D eigenvalue weighted by molar-refractivity contribution is 0.237. The summed E-state index contributed by atoms with van der Waals surface area (Å²) < 4.78 is 28.2. The quantitative estimate of drug-likeness (QED) is 0.701. The highest BCUT2D eigenvalue weighted by atomic mass is 79.9. The van der Waals surface area contributed by atoms with Crippen LogP contribution in [0.15, 0.2) is 16.6 Å². The maximum absolute atomic E-state index is 14.0. The van der Waals surface area contributed by atoms with Crippen LogP contribution in [0.5, 0.6) is 0 Å². The van der Waals surface area contributed by atoms with E-state index in [1.165, 1.54) is 37.8 Å². The summed E-state index contributed by atoms with van der Waals surface area (Å²) in [5.74, 6) is 0.614. The number of benzene rings is 1. The van der Waals surface area contributed by atoms with Gasteiger partial charge >= 0.3 is 0 Å². The van der Waals surface area contributed by atoms with Gasteiger partial charge in [0.05, 0.1) is 4.47 Å². The van der Waals surface area contributed by atoms with Gasteiger partial charge < -0.3 is 0 Å². The van der Waals surface area contributed by atoms with Crippen molar-refractivity contribution in [2.75, 3.05) is 13.1 Å². The second-order valence-corrected chi connectivity index (χ2v) is 6.76. The molecule has 1 nitrogen and oxygen atoms in total. The van der Waals surface area contributed by atoms with Gasteiger partial charge in [0.15, 0.2) is 0 Å². The predicted octanol–water partition coefficient (Wildman–Crippen LogP) is 4.35. The topological polar surface area (TPSA) is 3.24 Å². The molecule has 2 aliphatic rings. The van der Waals surface area contributed by atoms with Gasteiger partial charge in [0, 0.05) is 25.2 Å². The van der Waals surface area contributed by atoms with Crippen molar-refractivity contribution in [1.29, 1.82) is 0 Å². The molecule has 104 valence electrons. The Bertz CT molecular complexity index is 455. The van der Waals surface area contributed by atoms with Crippen LogP contribution in [0.2, 0.25) is 0 Å². The molecule has 0 saturated heterocycles. The summed E-state index contributed by atoms with van der Waals surface area (Å²) in [6.45, 7) is 2.37. The van der Waals surface area contributed by atoms with Crippen LogP contribution in [0, 0.1) is 23.5 Å². The van der Waals surface area contributed by atoms with E-state index in [9.17, 15) is 8.78 Å². The van der Waals surface area contributed by atoms with E-state index >= 15 is 0 Å². The fourth-order valence-electron chi connectivity index (χ4n) is 2.47. The molecule has 0 aliphatic heterocycles. The molecule has 1 aromatic rings. The lowest BCUT2D eigenvalue weighted by Gasteiger charge is -2.23. The summed E-state index contributed by atoms with van der Waals surface area (Å²) in [7, 11) is 0. The van der Waals surface area contributed by atoms with Crippen LogP contribution in [-0.4, -0.2) is 18.0 Å². The second-order valence-electron chi connectivity index (χ2n) is 5.90. The van der Waals surface area contributed by atoms with Crippen LogP contribution in [0.3, 0.4) is 0 Å². The zero-order valence-corrected chi connectivity index (χ0v) is 12.4. The van der Waals surface area contributed by atoms with Crippen LogP contribution in [0.1, 0.15) is 31.2 Å². The monoisotopic (exact) mass is 329 g/mol. The molecule has 4 heteroatoms. The van der Waals surface area contributed by atoms with E-state index in [4.69, 9.17) is 0 Å². The Morgan fingerprint density at radius 1 is 1.05 bits per heavy atom. The van der Waals surface area contributed by atoms with Crippen LogP contribution >= 0.6 is 15.9 Å². The molecule has 1 aromatic carbocycles. The minimum absolute atomic E-state index is 0.204. The first kappa shape index (κ1) is 13.5. The van der Waals surface area contributed by atoms with Gasteiger partial charge in [-0.2, -0.15) is 0 Å². The number of halogens is 3. The first-order valence-electron chi connectivity index (χ1n) is 6.98. The first-order chi connectivity index (χ1) is 9.13. The second kappa shape index (κ2) is 5.49. The predicted molar refractivity (Wildman–Crippen MR) is 74.8 cm³/mol. The number of nitrogens with zero attached hydrogens (tertiary/aromatic N) is 1. The molecule has 0 heterocycles. The third-order valence-corrected chi connectivity index (χ3v) is 4.56. The molecule has 19 heavy (non-hydrogen) atoms. The zero-order chi connectivity index (χ0) is 13.4. The molecular weight excluding hydrogens is 312 g/mol. The zero-order valence-electron chi connectivity index (χ0n) is 10.8. The Labute approximate surface area is 121 Å². The van der Waals surface area contributed by atoms with Crippen LogP contribution in [-0.2, 0) is 6.54 Å². The lowest BCUT2D eigenvalue weighted by Crippen LogP contribution is -2.28. The maximum atomic E-state index is 14.0. The van der Waals surface area contributed by atoms with E-state index in [2.05, 4.69) is 20.8 Å². The third-order valence-electron chi connectivity index (χ3n) is 3.95. The largest absolute Gasteiger partial charge is 0.298 e. The molecule has 0 radical (unpaired) electrons. The van der Waals surface area contributed by atoms with E-state index in [0.717, 1.165) is 24.9 Å². The fourth-order valence-corrected chi connectivity index (χ4v) is 2.84. The van der Waals surface area contributed by atoms with E-state index in [1.54, 1.807) is 0 Å². The Balaban J connectivity index is 1.73. The van der Waals surface area contributed by atoms with Gasteiger partial charge in [0.1, 0.15) is 11.6 Å². The van der Waals surface area contributed by atoms with Crippen molar-refractivity contribution in [2.45, 2.75) is 32.2 Å². The summed E-state index contributed by atoms with van der Waals surface area (Å²) in [4.78, 5) is 2.24. The molecule has 0 atom stereocenters.